The molecule has 2 aromatic carbocycles. The van der Waals surface area contributed by atoms with E-state index in [-0.39, 0.29) is 24.6 Å². The molecule has 0 amide bonds. The Hall–Kier alpha value is -3.59. The maximum atomic E-state index is 13.0. The summed E-state index contributed by atoms with van der Waals surface area (Å²) >= 11 is 0. The summed E-state index contributed by atoms with van der Waals surface area (Å²) in [6.45, 7) is 0.521. The highest BCUT2D eigenvalue weighted by Crippen LogP contribution is 2.13. The fraction of sp³-hybridized carbons (Fsp3) is 0.100. The Kier molecular flexibility index (Phi) is 5.30. The van der Waals surface area contributed by atoms with Crippen LogP contribution in [0, 0.1) is 17.1 Å². The number of aromatic nitrogens is 1. The number of halogens is 1. The van der Waals surface area contributed by atoms with Crippen LogP contribution in [0.15, 0.2) is 71.7 Å². The largest absolute Gasteiger partial charge is 0.490 e. The number of ether oxygens (including phenoxy) is 2. The van der Waals surface area contributed by atoms with Crippen LogP contribution < -0.4 is 15.0 Å². The molecule has 1 aromatic heterocycles. The van der Waals surface area contributed by atoms with Crippen LogP contribution in [0.4, 0.5) is 4.39 Å². The van der Waals surface area contributed by atoms with Gasteiger partial charge in [-0.15, -0.1) is 0 Å². The minimum absolute atomic E-state index is 0.247. The molecular weight excluding hydrogens is 335 g/mol. The van der Waals surface area contributed by atoms with Crippen LogP contribution in [-0.2, 0) is 0 Å². The van der Waals surface area contributed by atoms with Crippen LogP contribution in [-0.4, -0.2) is 17.8 Å². The van der Waals surface area contributed by atoms with E-state index in [9.17, 15) is 9.18 Å². The average Bonchev–Trinajstić information content (AvgIpc) is 2.66. The summed E-state index contributed by atoms with van der Waals surface area (Å²) in [7, 11) is 0. The van der Waals surface area contributed by atoms with E-state index in [1.807, 2.05) is 6.07 Å². The third kappa shape index (κ3) is 4.28. The van der Waals surface area contributed by atoms with Crippen LogP contribution in [0.2, 0.25) is 0 Å². The molecule has 26 heavy (non-hydrogen) atoms. The SMILES string of the molecule is N#Cc1cccc(OCCOc2ccn(-c3ccc(F)cc3)c(=O)c2)c1. The average molecular weight is 350 g/mol. The second-order valence-electron chi connectivity index (χ2n) is 5.38. The Morgan fingerprint density at radius 3 is 2.31 bits per heavy atom. The molecule has 6 heteroatoms. The lowest BCUT2D eigenvalue weighted by Gasteiger charge is -2.10. The molecule has 0 aliphatic carbocycles. The van der Waals surface area contributed by atoms with Crippen molar-refractivity contribution in [3.63, 3.8) is 0 Å². The van der Waals surface area contributed by atoms with E-state index in [0.717, 1.165) is 0 Å². The van der Waals surface area contributed by atoms with E-state index in [1.165, 1.54) is 34.9 Å². The molecule has 0 aliphatic heterocycles. The van der Waals surface area contributed by atoms with Gasteiger partial charge in [-0.2, -0.15) is 5.26 Å². The number of rotatable bonds is 6. The molecule has 130 valence electrons. The molecule has 0 saturated carbocycles. The number of pyridine rings is 1. The molecule has 0 spiro atoms. The summed E-state index contributed by atoms with van der Waals surface area (Å²) < 4.78 is 25.4. The quantitative estimate of drug-likeness (QED) is 0.640. The lowest BCUT2D eigenvalue weighted by Crippen LogP contribution is -2.17. The van der Waals surface area contributed by atoms with Crippen LogP contribution in [0.1, 0.15) is 5.56 Å². The Morgan fingerprint density at radius 1 is 0.962 bits per heavy atom. The van der Waals surface area contributed by atoms with Gasteiger partial charge in [-0.1, -0.05) is 6.07 Å². The van der Waals surface area contributed by atoms with Crippen molar-refractivity contribution in [2.24, 2.45) is 0 Å². The Labute approximate surface area is 149 Å². The first-order valence-electron chi connectivity index (χ1n) is 7.90. The van der Waals surface area contributed by atoms with Crippen molar-refractivity contribution >= 4 is 0 Å². The molecule has 3 rings (SSSR count). The lowest BCUT2D eigenvalue weighted by molar-refractivity contribution is 0.217. The van der Waals surface area contributed by atoms with E-state index in [2.05, 4.69) is 0 Å². The number of benzene rings is 2. The molecule has 0 saturated heterocycles. The van der Waals surface area contributed by atoms with Crippen molar-refractivity contribution in [1.82, 2.24) is 4.57 Å². The summed E-state index contributed by atoms with van der Waals surface area (Å²) in [5.74, 6) is 0.643. The van der Waals surface area contributed by atoms with Crippen molar-refractivity contribution in [3.8, 4) is 23.3 Å². The summed E-state index contributed by atoms with van der Waals surface area (Å²) in [5, 5.41) is 8.85. The first-order chi connectivity index (χ1) is 12.7. The molecule has 0 radical (unpaired) electrons. The molecule has 0 atom stereocenters. The van der Waals surface area contributed by atoms with E-state index in [4.69, 9.17) is 14.7 Å². The zero-order valence-electron chi connectivity index (χ0n) is 13.8. The van der Waals surface area contributed by atoms with Crippen LogP contribution in [0.3, 0.4) is 0 Å². The van der Waals surface area contributed by atoms with Crippen molar-refractivity contribution in [2.45, 2.75) is 0 Å². The molecule has 0 bridgehead atoms. The second kappa shape index (κ2) is 7.99. The van der Waals surface area contributed by atoms with E-state index < -0.39 is 0 Å². The standard InChI is InChI=1S/C20H15FN2O3/c21-16-4-6-17(7-5-16)23-9-8-19(13-20(23)24)26-11-10-25-18-3-1-2-15(12-18)14-22/h1-9,12-13H,10-11H2. The smallest absolute Gasteiger partial charge is 0.258 e. The molecule has 0 N–H and O–H groups in total. The minimum Gasteiger partial charge on any atom is -0.490 e. The van der Waals surface area contributed by atoms with Gasteiger partial charge in [0.2, 0.25) is 0 Å². The fourth-order valence-corrected chi connectivity index (χ4v) is 2.34. The highest BCUT2D eigenvalue weighted by molar-refractivity contribution is 5.36. The number of hydrogen-bond acceptors (Lipinski definition) is 4. The van der Waals surface area contributed by atoms with Crippen LogP contribution in [0.25, 0.3) is 5.69 Å². The van der Waals surface area contributed by atoms with Crippen molar-refractivity contribution in [1.29, 1.82) is 5.26 Å². The first kappa shape index (κ1) is 17.2. The lowest BCUT2D eigenvalue weighted by atomic mass is 10.2. The highest BCUT2D eigenvalue weighted by atomic mass is 19.1. The van der Waals surface area contributed by atoms with Crippen molar-refractivity contribution in [2.75, 3.05) is 13.2 Å². The molecule has 3 aromatic rings. The first-order valence-corrected chi connectivity index (χ1v) is 7.90. The van der Waals surface area contributed by atoms with Crippen molar-refractivity contribution in [3.05, 3.63) is 88.6 Å². The normalized spacial score (nSPS) is 10.2. The van der Waals surface area contributed by atoms with Gasteiger partial charge in [0.1, 0.15) is 30.5 Å². The predicted octanol–water partition coefficient (Wildman–Crippen LogP) is 3.31. The summed E-state index contributed by atoms with van der Waals surface area (Å²) in [5.41, 5.74) is 0.813. The van der Waals surface area contributed by atoms with E-state index in [1.54, 1.807) is 36.5 Å². The second-order valence-corrected chi connectivity index (χ2v) is 5.38. The Balaban J connectivity index is 1.57. The summed E-state index contributed by atoms with van der Waals surface area (Å²) in [6.07, 6.45) is 1.57. The predicted molar refractivity (Wildman–Crippen MR) is 94.1 cm³/mol. The van der Waals surface area contributed by atoms with Crippen LogP contribution in [0.5, 0.6) is 11.5 Å². The van der Waals surface area contributed by atoms with Gasteiger partial charge in [0.05, 0.1) is 11.6 Å². The monoisotopic (exact) mass is 350 g/mol. The molecule has 0 aliphatic rings. The molecule has 1 heterocycles. The molecule has 0 unspecified atom stereocenters. The van der Waals surface area contributed by atoms with Gasteiger partial charge in [-0.25, -0.2) is 4.39 Å². The van der Waals surface area contributed by atoms with Gasteiger partial charge < -0.3 is 9.47 Å². The summed E-state index contributed by atoms with van der Waals surface area (Å²) in [6, 6.07) is 17.5. The molecule has 5 nitrogen and oxygen atoms in total. The number of nitrogens with zero attached hydrogens (tertiary/aromatic N) is 2. The van der Waals surface area contributed by atoms with E-state index in [0.29, 0.717) is 22.7 Å². The van der Waals surface area contributed by atoms with Gasteiger partial charge in [-0.3, -0.25) is 9.36 Å². The molecule has 0 fully saturated rings. The zero-order chi connectivity index (χ0) is 18.4. The third-order valence-electron chi connectivity index (χ3n) is 3.58. The van der Waals surface area contributed by atoms with Gasteiger partial charge in [0.25, 0.3) is 5.56 Å². The number of nitriles is 1. The van der Waals surface area contributed by atoms with Gasteiger partial charge >= 0.3 is 0 Å². The van der Waals surface area contributed by atoms with Crippen LogP contribution >= 0.6 is 0 Å². The van der Waals surface area contributed by atoms with Gasteiger partial charge in [-0.05, 0) is 48.5 Å². The van der Waals surface area contributed by atoms with E-state index >= 15 is 0 Å². The zero-order valence-corrected chi connectivity index (χ0v) is 13.8. The number of hydrogen-bond donors (Lipinski definition) is 0. The highest BCUT2D eigenvalue weighted by Gasteiger charge is 2.03. The van der Waals surface area contributed by atoms with Gasteiger partial charge in [0.15, 0.2) is 0 Å². The maximum Gasteiger partial charge on any atom is 0.258 e. The Bertz CT molecular complexity index is 991. The topological polar surface area (TPSA) is 64.2 Å². The Morgan fingerprint density at radius 2 is 1.65 bits per heavy atom. The molecular formula is C20H15FN2O3. The summed E-state index contributed by atoms with van der Waals surface area (Å²) in [4.78, 5) is 12.2. The van der Waals surface area contributed by atoms with Crippen molar-refractivity contribution < 1.29 is 13.9 Å². The third-order valence-corrected chi connectivity index (χ3v) is 3.58. The van der Waals surface area contributed by atoms with Gasteiger partial charge in [0, 0.05) is 18.0 Å². The minimum atomic E-state index is -0.359. The maximum absolute atomic E-state index is 13.0. The fourth-order valence-electron chi connectivity index (χ4n) is 2.34.